The van der Waals surface area contributed by atoms with E-state index in [1.54, 1.807) is 18.2 Å². The van der Waals surface area contributed by atoms with E-state index in [-0.39, 0.29) is 5.69 Å². The van der Waals surface area contributed by atoms with Crippen molar-refractivity contribution in [2.24, 2.45) is 0 Å². The van der Waals surface area contributed by atoms with Crippen molar-refractivity contribution in [1.29, 1.82) is 0 Å². The number of alkyl halides is 3. The monoisotopic (exact) mass is 416 g/mol. The minimum absolute atomic E-state index is 0.291. The molecule has 0 atom stereocenters. The van der Waals surface area contributed by atoms with E-state index in [0.29, 0.717) is 41.2 Å². The van der Waals surface area contributed by atoms with Crippen LogP contribution >= 0.6 is 0 Å². The zero-order chi connectivity index (χ0) is 21.5. The smallest absolute Gasteiger partial charge is 0.418 e. The molecule has 0 fully saturated rings. The van der Waals surface area contributed by atoms with Crippen molar-refractivity contribution in [3.05, 3.63) is 69.5 Å². The van der Waals surface area contributed by atoms with Gasteiger partial charge in [-0.15, -0.1) is 0 Å². The number of fused-ring (bicyclic) bond motifs is 1. The molecule has 0 saturated heterocycles. The second-order valence-electron chi connectivity index (χ2n) is 6.99. The number of benzene rings is 2. The molecule has 0 aliphatic heterocycles. The highest BCUT2D eigenvalue weighted by Crippen LogP contribution is 2.36. The van der Waals surface area contributed by atoms with Gasteiger partial charge in [-0.2, -0.15) is 23.0 Å². The minimum Gasteiger partial charge on any atom is -0.497 e. The average Bonchev–Trinajstić information content (AvgIpc) is 3.23. The van der Waals surface area contributed by atoms with Crippen molar-refractivity contribution in [1.82, 2.24) is 9.78 Å². The van der Waals surface area contributed by atoms with Gasteiger partial charge in [0.1, 0.15) is 11.5 Å². The molecule has 30 heavy (non-hydrogen) atoms. The Morgan fingerprint density at radius 1 is 0.967 bits per heavy atom. The predicted molar refractivity (Wildman–Crippen MR) is 105 cm³/mol. The van der Waals surface area contributed by atoms with Gasteiger partial charge in [0.2, 0.25) is 0 Å². The standard InChI is InChI=1S/C22H19F3N2O3/c1-29-14-10-13(11-15(12-14)30-2)20-16-6-5-7-17(16)21(28)27(26-20)19-9-4-3-8-18(19)22(23,24)25/h3-4,8-12H,5-7H2,1-2H3. The molecule has 0 unspecified atom stereocenters. The molecule has 0 N–H and O–H groups in total. The third kappa shape index (κ3) is 3.42. The fourth-order valence-corrected chi connectivity index (χ4v) is 3.81. The number of para-hydroxylation sites is 1. The number of methoxy groups -OCH3 is 2. The SMILES string of the molecule is COc1cc(OC)cc(-c2nn(-c3ccccc3C(F)(F)F)c(=O)c3c2CCC3)c1. The summed E-state index contributed by atoms with van der Waals surface area (Å²) in [6.07, 6.45) is -2.74. The predicted octanol–water partition coefficient (Wildman–Crippen LogP) is 4.42. The zero-order valence-electron chi connectivity index (χ0n) is 16.4. The lowest BCUT2D eigenvalue weighted by Gasteiger charge is -2.17. The van der Waals surface area contributed by atoms with Gasteiger partial charge in [-0.25, -0.2) is 0 Å². The summed E-state index contributed by atoms with van der Waals surface area (Å²) < 4.78 is 52.3. The van der Waals surface area contributed by atoms with E-state index in [9.17, 15) is 18.0 Å². The Labute approximate surface area is 170 Å². The second kappa shape index (κ2) is 7.51. The van der Waals surface area contributed by atoms with Crippen molar-refractivity contribution >= 4 is 0 Å². The Kier molecular flexibility index (Phi) is 5.01. The molecule has 0 amide bonds. The van der Waals surface area contributed by atoms with E-state index in [1.165, 1.54) is 32.4 Å². The third-order valence-corrected chi connectivity index (χ3v) is 5.22. The average molecular weight is 416 g/mol. The van der Waals surface area contributed by atoms with Gasteiger partial charge in [-0.05, 0) is 49.1 Å². The first-order chi connectivity index (χ1) is 14.3. The van der Waals surface area contributed by atoms with Gasteiger partial charge in [0.25, 0.3) is 5.56 Å². The lowest BCUT2D eigenvalue weighted by molar-refractivity contribution is -0.137. The molecular weight excluding hydrogens is 397 g/mol. The number of aromatic nitrogens is 2. The van der Waals surface area contributed by atoms with Crippen molar-refractivity contribution in [2.45, 2.75) is 25.4 Å². The Balaban J connectivity index is 2.01. The molecule has 1 aromatic heterocycles. The summed E-state index contributed by atoms with van der Waals surface area (Å²) in [4.78, 5) is 13.1. The Hall–Kier alpha value is -3.29. The molecule has 1 aliphatic carbocycles. The van der Waals surface area contributed by atoms with E-state index in [0.717, 1.165) is 22.7 Å². The number of ether oxygens (including phenoxy) is 2. The molecule has 0 radical (unpaired) electrons. The van der Waals surface area contributed by atoms with Gasteiger partial charge in [0.15, 0.2) is 0 Å². The van der Waals surface area contributed by atoms with Crippen LogP contribution in [0.15, 0.2) is 47.3 Å². The van der Waals surface area contributed by atoms with Crippen LogP contribution in [0.1, 0.15) is 23.1 Å². The first-order valence-corrected chi connectivity index (χ1v) is 9.38. The Morgan fingerprint density at radius 2 is 1.60 bits per heavy atom. The second-order valence-corrected chi connectivity index (χ2v) is 6.99. The summed E-state index contributed by atoms with van der Waals surface area (Å²) in [6, 6.07) is 10.1. The van der Waals surface area contributed by atoms with Crippen LogP contribution in [-0.2, 0) is 19.0 Å². The minimum atomic E-state index is -4.62. The van der Waals surface area contributed by atoms with E-state index < -0.39 is 17.3 Å². The van der Waals surface area contributed by atoms with Gasteiger partial charge in [-0.3, -0.25) is 4.79 Å². The quantitative estimate of drug-likeness (QED) is 0.632. The molecule has 0 spiro atoms. The van der Waals surface area contributed by atoms with Crippen molar-refractivity contribution in [2.75, 3.05) is 14.2 Å². The fourth-order valence-electron chi connectivity index (χ4n) is 3.81. The summed E-state index contributed by atoms with van der Waals surface area (Å²) in [5.74, 6) is 1.04. The van der Waals surface area contributed by atoms with Gasteiger partial charge in [-0.1, -0.05) is 12.1 Å². The normalized spacial score (nSPS) is 13.2. The number of halogens is 3. The molecule has 156 valence electrons. The maximum absolute atomic E-state index is 13.6. The van der Waals surface area contributed by atoms with E-state index >= 15 is 0 Å². The van der Waals surface area contributed by atoms with Crippen LogP contribution < -0.4 is 15.0 Å². The lowest BCUT2D eigenvalue weighted by atomic mass is 10.0. The van der Waals surface area contributed by atoms with Gasteiger partial charge in [0, 0.05) is 17.2 Å². The molecule has 8 heteroatoms. The number of hydrogen-bond acceptors (Lipinski definition) is 4. The van der Waals surface area contributed by atoms with E-state index in [1.807, 2.05) is 0 Å². The molecule has 2 aromatic carbocycles. The summed E-state index contributed by atoms with van der Waals surface area (Å²) in [5.41, 5.74) is 0.610. The number of hydrogen-bond donors (Lipinski definition) is 0. The first-order valence-electron chi connectivity index (χ1n) is 9.38. The van der Waals surface area contributed by atoms with Crippen LogP contribution in [0.2, 0.25) is 0 Å². The number of rotatable bonds is 4. The Morgan fingerprint density at radius 3 is 2.23 bits per heavy atom. The topological polar surface area (TPSA) is 53.4 Å². The molecule has 0 saturated carbocycles. The van der Waals surface area contributed by atoms with E-state index in [4.69, 9.17) is 9.47 Å². The fraction of sp³-hybridized carbons (Fsp3) is 0.273. The summed E-state index contributed by atoms with van der Waals surface area (Å²) in [5, 5.41) is 4.40. The summed E-state index contributed by atoms with van der Waals surface area (Å²) in [7, 11) is 3.02. The number of nitrogens with zero attached hydrogens (tertiary/aromatic N) is 2. The Bertz CT molecular complexity index is 1150. The summed E-state index contributed by atoms with van der Waals surface area (Å²) >= 11 is 0. The third-order valence-electron chi connectivity index (χ3n) is 5.22. The van der Waals surface area contributed by atoms with Crippen LogP contribution in [0.25, 0.3) is 16.9 Å². The first kappa shape index (κ1) is 20.0. The van der Waals surface area contributed by atoms with E-state index in [2.05, 4.69) is 5.10 Å². The molecule has 3 aromatic rings. The molecule has 1 aliphatic rings. The van der Waals surface area contributed by atoms with Crippen LogP contribution in [-0.4, -0.2) is 24.0 Å². The van der Waals surface area contributed by atoms with Crippen LogP contribution in [0.3, 0.4) is 0 Å². The largest absolute Gasteiger partial charge is 0.497 e. The molecule has 4 rings (SSSR count). The van der Waals surface area contributed by atoms with Gasteiger partial charge in [0.05, 0.1) is 31.2 Å². The zero-order valence-corrected chi connectivity index (χ0v) is 16.4. The summed E-state index contributed by atoms with van der Waals surface area (Å²) in [6.45, 7) is 0. The van der Waals surface area contributed by atoms with Crippen LogP contribution in [0.4, 0.5) is 13.2 Å². The van der Waals surface area contributed by atoms with Gasteiger partial charge >= 0.3 is 6.18 Å². The maximum Gasteiger partial charge on any atom is 0.418 e. The maximum atomic E-state index is 13.6. The van der Waals surface area contributed by atoms with Crippen LogP contribution in [0.5, 0.6) is 11.5 Å². The molecule has 5 nitrogen and oxygen atoms in total. The highest BCUT2D eigenvalue weighted by molar-refractivity contribution is 5.68. The highest BCUT2D eigenvalue weighted by Gasteiger charge is 2.35. The van der Waals surface area contributed by atoms with Crippen molar-refractivity contribution in [3.8, 4) is 28.4 Å². The highest BCUT2D eigenvalue weighted by atomic mass is 19.4. The van der Waals surface area contributed by atoms with Crippen molar-refractivity contribution in [3.63, 3.8) is 0 Å². The van der Waals surface area contributed by atoms with Gasteiger partial charge < -0.3 is 9.47 Å². The van der Waals surface area contributed by atoms with Crippen molar-refractivity contribution < 1.29 is 22.6 Å². The lowest BCUT2D eigenvalue weighted by Crippen LogP contribution is -2.28. The van der Waals surface area contributed by atoms with Crippen LogP contribution in [0, 0.1) is 0 Å². The molecule has 1 heterocycles. The molecule has 0 bridgehead atoms. The molecular formula is C22H19F3N2O3.